The second-order valence-electron chi connectivity index (χ2n) is 10.1. The van der Waals surface area contributed by atoms with Gasteiger partial charge < -0.3 is 14.8 Å². The molecule has 4 atom stereocenters. The summed E-state index contributed by atoms with van der Waals surface area (Å²) in [7, 11) is 1.75. The number of likely N-dealkylation sites (tertiary alicyclic amines) is 1. The number of ether oxygens (including phenoxy) is 2. The number of nitrogens with zero attached hydrogens (tertiary/aromatic N) is 1. The zero-order valence-corrected chi connectivity index (χ0v) is 22.9. The minimum absolute atomic E-state index is 0.0472. The number of nitrogens with one attached hydrogen (secondary N) is 1. The summed E-state index contributed by atoms with van der Waals surface area (Å²) in [6, 6.07) is 13.0. The van der Waals surface area contributed by atoms with Crippen LogP contribution in [0.15, 0.2) is 55.1 Å². The Kier molecular flexibility index (Phi) is 8.96. The first-order valence-corrected chi connectivity index (χ1v) is 13.4. The molecule has 198 valence electrons. The number of fused-ring (bicyclic) bond motifs is 1. The first-order chi connectivity index (χ1) is 17.7. The molecule has 6 nitrogen and oxygen atoms in total. The molecule has 1 aliphatic carbocycles. The Morgan fingerprint density at radius 1 is 1.22 bits per heavy atom. The van der Waals surface area contributed by atoms with Crippen LogP contribution in [-0.4, -0.2) is 55.7 Å². The van der Waals surface area contributed by atoms with Crippen molar-refractivity contribution in [1.82, 2.24) is 10.2 Å². The van der Waals surface area contributed by atoms with E-state index in [4.69, 9.17) is 32.7 Å². The van der Waals surface area contributed by atoms with E-state index in [1.54, 1.807) is 25.3 Å². The summed E-state index contributed by atoms with van der Waals surface area (Å²) in [5.74, 6) is 0.329. The van der Waals surface area contributed by atoms with E-state index in [0.717, 1.165) is 50.0 Å². The molecule has 1 unspecified atom stereocenters. The van der Waals surface area contributed by atoms with Crippen molar-refractivity contribution in [3.63, 3.8) is 0 Å². The Balaban J connectivity index is 1.61. The number of hydrogen-bond acceptors (Lipinski definition) is 5. The van der Waals surface area contributed by atoms with Crippen molar-refractivity contribution in [1.29, 1.82) is 0 Å². The Morgan fingerprint density at radius 3 is 2.73 bits per heavy atom. The number of esters is 1. The largest absolute Gasteiger partial charge is 0.427 e. The molecule has 0 aromatic heterocycles. The van der Waals surface area contributed by atoms with Crippen molar-refractivity contribution < 1.29 is 19.1 Å². The monoisotopic (exact) mass is 544 g/mol. The fourth-order valence-corrected chi connectivity index (χ4v) is 6.45. The van der Waals surface area contributed by atoms with Crippen molar-refractivity contribution in [3.05, 3.63) is 76.3 Å². The molecule has 1 N–H and O–H groups in total. The number of piperidine rings is 1. The average Bonchev–Trinajstić information content (AvgIpc) is 2.86. The van der Waals surface area contributed by atoms with Crippen LogP contribution in [0.2, 0.25) is 10.0 Å². The molecule has 2 fully saturated rings. The standard InChI is InChI=1S/C29H34Cl2N2O4/c1-4-11-33-12-10-29(21-6-5-7-23(15-21)37-19(2)34)17-22(16-27(36-3)24(29)18-33)32-28(35)14-20-8-9-25(30)26(31)13-20/h4-9,13,15,22,24,27H,1,10-12,14,16-18H2,2-3H3,(H,32,35)/t22-,24+,27?,29+/m1/s1. The predicted octanol–water partition coefficient (Wildman–Crippen LogP) is 5.20. The highest BCUT2D eigenvalue weighted by Gasteiger charge is 2.52. The first-order valence-electron chi connectivity index (χ1n) is 12.6. The van der Waals surface area contributed by atoms with Gasteiger partial charge >= 0.3 is 5.97 Å². The first kappa shape index (κ1) is 27.6. The molecule has 1 amide bonds. The van der Waals surface area contributed by atoms with Gasteiger partial charge in [-0.05, 0) is 61.2 Å². The molecule has 1 aliphatic heterocycles. The number of rotatable bonds is 8. The normalized spacial score (nSPS) is 25.7. The van der Waals surface area contributed by atoms with Crippen molar-refractivity contribution in [3.8, 4) is 5.75 Å². The van der Waals surface area contributed by atoms with Gasteiger partial charge in [0.25, 0.3) is 0 Å². The van der Waals surface area contributed by atoms with Gasteiger partial charge in [0.05, 0.1) is 22.6 Å². The van der Waals surface area contributed by atoms with Crippen LogP contribution >= 0.6 is 23.2 Å². The summed E-state index contributed by atoms with van der Waals surface area (Å²) < 4.78 is 11.5. The van der Waals surface area contributed by atoms with Crippen LogP contribution in [0.3, 0.4) is 0 Å². The summed E-state index contributed by atoms with van der Waals surface area (Å²) in [5, 5.41) is 4.17. The van der Waals surface area contributed by atoms with Crippen LogP contribution in [0.25, 0.3) is 0 Å². The Morgan fingerprint density at radius 2 is 2.03 bits per heavy atom. The molecule has 37 heavy (non-hydrogen) atoms. The highest BCUT2D eigenvalue weighted by molar-refractivity contribution is 6.42. The number of carbonyl (C=O) groups is 2. The molecule has 1 saturated carbocycles. The highest BCUT2D eigenvalue weighted by Crippen LogP contribution is 2.50. The number of halogens is 2. The molecule has 0 bridgehead atoms. The third-order valence-corrected chi connectivity index (χ3v) is 8.43. The van der Waals surface area contributed by atoms with Crippen LogP contribution in [0, 0.1) is 5.92 Å². The van der Waals surface area contributed by atoms with Gasteiger partial charge in [0.15, 0.2) is 0 Å². The van der Waals surface area contributed by atoms with Crippen molar-refractivity contribution >= 4 is 35.1 Å². The second-order valence-corrected chi connectivity index (χ2v) is 10.9. The molecule has 4 rings (SSSR count). The van der Waals surface area contributed by atoms with Gasteiger partial charge in [0.2, 0.25) is 5.91 Å². The van der Waals surface area contributed by atoms with Crippen molar-refractivity contribution in [2.75, 3.05) is 26.7 Å². The van der Waals surface area contributed by atoms with Gasteiger partial charge in [-0.2, -0.15) is 0 Å². The van der Waals surface area contributed by atoms with Gasteiger partial charge in [0, 0.05) is 44.5 Å². The smallest absolute Gasteiger partial charge is 0.308 e. The summed E-state index contributed by atoms with van der Waals surface area (Å²) in [5.41, 5.74) is 1.68. The molecule has 1 heterocycles. The Labute approximate surface area is 228 Å². The predicted molar refractivity (Wildman–Crippen MR) is 146 cm³/mol. The van der Waals surface area contributed by atoms with Crippen LogP contribution in [0.1, 0.15) is 37.3 Å². The topological polar surface area (TPSA) is 67.9 Å². The second kappa shape index (κ2) is 12.0. The quantitative estimate of drug-likeness (QED) is 0.281. The van der Waals surface area contributed by atoms with Gasteiger partial charge in [0.1, 0.15) is 5.75 Å². The van der Waals surface area contributed by atoms with Gasteiger partial charge in [-0.25, -0.2) is 0 Å². The van der Waals surface area contributed by atoms with E-state index in [1.165, 1.54) is 6.92 Å². The van der Waals surface area contributed by atoms with Crippen molar-refractivity contribution in [2.24, 2.45) is 5.92 Å². The summed E-state index contributed by atoms with van der Waals surface area (Å²) in [4.78, 5) is 27.1. The molecule has 0 radical (unpaired) electrons. The zero-order valence-electron chi connectivity index (χ0n) is 21.3. The van der Waals surface area contributed by atoms with Crippen molar-refractivity contribution in [2.45, 2.75) is 50.2 Å². The molecule has 2 aromatic rings. The van der Waals surface area contributed by atoms with E-state index in [0.29, 0.717) is 15.8 Å². The van der Waals surface area contributed by atoms with Gasteiger partial charge in [-0.15, -0.1) is 6.58 Å². The lowest BCUT2D eigenvalue weighted by atomic mass is 9.57. The molecular weight excluding hydrogens is 511 g/mol. The lowest BCUT2D eigenvalue weighted by molar-refractivity contribution is -0.132. The maximum Gasteiger partial charge on any atom is 0.308 e. The van der Waals surface area contributed by atoms with E-state index in [2.05, 4.69) is 22.9 Å². The van der Waals surface area contributed by atoms with E-state index in [9.17, 15) is 9.59 Å². The molecule has 2 aromatic carbocycles. The van der Waals surface area contributed by atoms with E-state index >= 15 is 0 Å². The minimum Gasteiger partial charge on any atom is -0.427 e. The lowest BCUT2D eigenvalue weighted by Crippen LogP contribution is -2.61. The average molecular weight is 546 g/mol. The van der Waals surface area contributed by atoms with Crippen LogP contribution in [0.5, 0.6) is 5.75 Å². The van der Waals surface area contributed by atoms with E-state index in [-0.39, 0.29) is 41.8 Å². The third kappa shape index (κ3) is 6.37. The van der Waals surface area contributed by atoms with E-state index < -0.39 is 0 Å². The SMILES string of the molecule is C=CCN1CC[C@@]2(c3cccc(OC(C)=O)c3)C[C@H](NC(=O)Cc3ccc(Cl)c(Cl)c3)CC(OC)[C@@H]2C1. The van der Waals surface area contributed by atoms with Gasteiger partial charge in [-0.3, -0.25) is 14.5 Å². The van der Waals surface area contributed by atoms with Crippen LogP contribution < -0.4 is 10.1 Å². The molecule has 0 spiro atoms. The highest BCUT2D eigenvalue weighted by atomic mass is 35.5. The molecule has 1 saturated heterocycles. The maximum absolute atomic E-state index is 13.1. The minimum atomic E-state index is -0.349. The number of methoxy groups -OCH3 is 1. The van der Waals surface area contributed by atoms with Crippen LogP contribution in [0.4, 0.5) is 0 Å². The van der Waals surface area contributed by atoms with Gasteiger partial charge in [-0.1, -0.05) is 47.5 Å². The molecule has 8 heteroatoms. The summed E-state index contributed by atoms with van der Waals surface area (Å²) in [6.45, 7) is 7.91. The number of amides is 1. The summed E-state index contributed by atoms with van der Waals surface area (Å²) in [6.07, 6.45) is 4.50. The fraction of sp³-hybridized carbons (Fsp3) is 0.448. The third-order valence-electron chi connectivity index (χ3n) is 7.69. The number of hydrogen-bond donors (Lipinski definition) is 1. The van der Waals surface area contributed by atoms with Crippen LogP contribution in [-0.2, 0) is 26.2 Å². The molecular formula is C29H34Cl2N2O4. The zero-order chi connectivity index (χ0) is 26.6. The fourth-order valence-electron chi connectivity index (χ4n) is 6.13. The maximum atomic E-state index is 13.1. The molecule has 2 aliphatic rings. The lowest BCUT2D eigenvalue weighted by Gasteiger charge is -2.55. The number of carbonyl (C=O) groups excluding carboxylic acids is 2. The Bertz CT molecular complexity index is 1160. The Hall–Kier alpha value is -2.38. The van der Waals surface area contributed by atoms with E-state index in [1.807, 2.05) is 24.3 Å². The summed E-state index contributed by atoms with van der Waals surface area (Å²) >= 11 is 12.2. The number of benzene rings is 2.